The molecule has 0 radical (unpaired) electrons. The Morgan fingerprint density at radius 2 is 1.14 bits per heavy atom. The molecule has 30 heteroatoms. The van der Waals surface area contributed by atoms with Crippen molar-refractivity contribution in [1.82, 2.24) is 0 Å². The van der Waals surface area contributed by atoms with Crippen molar-refractivity contribution in [2.45, 2.75) is 236 Å². The fourth-order valence-corrected chi connectivity index (χ4v) is 12.1. The predicted molar refractivity (Wildman–Crippen MR) is 256 cm³/mol. The highest BCUT2D eigenvalue weighted by Crippen LogP contribution is 2.44. The number of hydrogen-bond donors (Lipinski definition) is 16. The number of carbonyl (C=O) groups is 3. The zero-order valence-corrected chi connectivity index (χ0v) is 43.5. The molecule has 17 N–H and O–H groups in total. The predicted octanol–water partition coefficient (Wildman–Crippen LogP) is -7.71. The Kier molecular flexibility index (Phi) is 22.1. The van der Waals surface area contributed by atoms with Gasteiger partial charge < -0.3 is 134 Å². The molecule has 0 amide bonds. The Morgan fingerprint density at radius 3 is 1.80 bits per heavy atom. The molecule has 8 fully saturated rings. The lowest BCUT2D eigenvalue weighted by Gasteiger charge is -2.50. The molecule has 5 heterocycles. The van der Waals surface area contributed by atoms with Crippen LogP contribution in [0.25, 0.3) is 0 Å². The number of carbonyl (C=O) groups excluding carboxylic acids is 2. The number of ether oxygens (including phenoxy) is 11. The summed E-state index contributed by atoms with van der Waals surface area (Å²) in [5.41, 5.74) is 0. The van der Waals surface area contributed by atoms with E-state index in [1.807, 2.05) is 0 Å². The lowest BCUT2D eigenvalue weighted by atomic mass is 9.72. The monoisotopic (exact) mass is 1160 g/mol. The van der Waals surface area contributed by atoms with E-state index < -0.39 is 228 Å². The summed E-state index contributed by atoms with van der Waals surface area (Å²) in [4.78, 5) is 36.3. The standard InChI is InChI=1S/C50H78O30/c51-14-29-36(61)39(64)43(68)48(77-29)73-21-5-1-18(2-6-21)3-8-33(58)70-16-31-38(63)41(66)46(80-47-42(67)35(60)25(55)15-72-47)50(79-31)76-28-12-22-26(74-45(28)19-4-7-23(53)24(54)9-19)10-20(52)11-27(22)75-49-44(69)40(65)37(62)30(78-49)17-71-34(59)13-32(56)57/h3,8,18-31,35-55,60-69H,1-2,4-7,9-17H2,(H,56,57)/p+1/t18?,19?,20?,21?,22?,23?,24?,25-,26?,27?,28?,29-,30-,31-,35+,36-,37-,38-,39+,40+,41+,42-,43-,44-,45?,46-,47+,48-,49-,50-/m1/s1. The molecule has 0 bridgehead atoms. The minimum Gasteiger partial charge on any atom is -0.481 e. The lowest BCUT2D eigenvalue weighted by molar-refractivity contribution is -0.385. The Balaban J connectivity index is 0.974. The van der Waals surface area contributed by atoms with Gasteiger partial charge in [-0.3, -0.25) is 9.59 Å². The maximum Gasteiger partial charge on any atom is 0.330 e. The molecule has 3 saturated carbocycles. The third-order valence-electron chi connectivity index (χ3n) is 16.7. The fourth-order valence-electron chi connectivity index (χ4n) is 12.1. The molecule has 458 valence electrons. The largest absolute Gasteiger partial charge is 0.481 e. The number of fused-ring (bicyclic) bond motifs is 1. The third kappa shape index (κ3) is 15.0. The summed E-state index contributed by atoms with van der Waals surface area (Å²) in [7, 11) is 0. The molecule has 8 rings (SSSR count). The van der Waals surface area contributed by atoms with Crippen LogP contribution in [0, 0.1) is 17.8 Å². The Bertz CT molecular complexity index is 2030. The zero-order chi connectivity index (χ0) is 57.9. The highest BCUT2D eigenvalue weighted by molar-refractivity contribution is 5.90. The zero-order valence-electron chi connectivity index (χ0n) is 43.5. The van der Waals surface area contributed by atoms with Crippen LogP contribution in [0.3, 0.4) is 0 Å². The van der Waals surface area contributed by atoms with Gasteiger partial charge in [-0.1, -0.05) is 6.08 Å². The first kappa shape index (κ1) is 63.2. The van der Waals surface area contributed by atoms with E-state index in [0.29, 0.717) is 32.1 Å². The van der Waals surface area contributed by atoms with E-state index in [1.54, 1.807) is 6.08 Å². The highest BCUT2D eigenvalue weighted by Gasteiger charge is 2.58. The van der Waals surface area contributed by atoms with Gasteiger partial charge in [0.25, 0.3) is 0 Å². The van der Waals surface area contributed by atoms with Gasteiger partial charge in [-0.05, 0) is 57.3 Å². The van der Waals surface area contributed by atoms with Crippen LogP contribution in [0.1, 0.15) is 70.6 Å². The van der Waals surface area contributed by atoms with E-state index >= 15 is 0 Å². The number of carboxylic acids is 1. The molecule has 0 aromatic rings. The van der Waals surface area contributed by atoms with Gasteiger partial charge in [0.05, 0.1) is 49.7 Å². The lowest BCUT2D eigenvalue weighted by Crippen LogP contribution is -2.65. The van der Waals surface area contributed by atoms with Crippen molar-refractivity contribution in [2.24, 2.45) is 17.8 Å². The summed E-state index contributed by atoms with van der Waals surface area (Å²) in [5, 5.41) is 169. The first-order chi connectivity index (χ1) is 38.0. The molecule has 80 heavy (non-hydrogen) atoms. The van der Waals surface area contributed by atoms with E-state index in [0.717, 1.165) is 0 Å². The van der Waals surface area contributed by atoms with Crippen LogP contribution in [0.15, 0.2) is 12.2 Å². The normalized spacial score (nSPS) is 48.4. The van der Waals surface area contributed by atoms with Crippen molar-refractivity contribution in [2.75, 3.05) is 26.4 Å². The van der Waals surface area contributed by atoms with Crippen LogP contribution in [0.4, 0.5) is 0 Å². The van der Waals surface area contributed by atoms with Gasteiger partial charge in [0.15, 0.2) is 37.4 Å². The molecule has 9 unspecified atom stereocenters. The Hall–Kier alpha value is -2.81. The number of aliphatic carboxylic acids is 1. The molecular formula is C50H79O30+. The quantitative estimate of drug-likeness (QED) is 0.0262. The molecule has 0 aromatic heterocycles. The number of allylic oxidation sites excluding steroid dienone is 1. The fraction of sp³-hybridized carbons (Fsp3) is 0.900. The molecule has 30 nitrogen and oxygen atoms in total. The average molecular weight is 1160 g/mol. The summed E-state index contributed by atoms with van der Waals surface area (Å²) >= 11 is 0. The summed E-state index contributed by atoms with van der Waals surface area (Å²) in [5.74, 6) is -4.88. The van der Waals surface area contributed by atoms with Crippen LogP contribution in [-0.4, -0.2) is 296 Å². The molecule has 5 saturated heterocycles. The van der Waals surface area contributed by atoms with Crippen molar-refractivity contribution in [3.8, 4) is 0 Å². The second-order valence-electron chi connectivity index (χ2n) is 22.3. The Labute approximate surface area is 457 Å². The van der Waals surface area contributed by atoms with Crippen LogP contribution in [0.5, 0.6) is 0 Å². The minimum atomic E-state index is -1.96. The second kappa shape index (κ2) is 27.9. The number of carboxylic acid groups (broad SMARTS) is 1. The van der Waals surface area contributed by atoms with Crippen molar-refractivity contribution in [3.63, 3.8) is 0 Å². The van der Waals surface area contributed by atoms with E-state index in [9.17, 15) is 91.0 Å². The third-order valence-corrected chi connectivity index (χ3v) is 16.7. The van der Waals surface area contributed by atoms with Gasteiger partial charge >= 0.3 is 17.9 Å². The van der Waals surface area contributed by atoms with Gasteiger partial charge in [-0.15, -0.1) is 0 Å². The molecule has 5 aliphatic heterocycles. The van der Waals surface area contributed by atoms with E-state index in [-0.39, 0.29) is 38.0 Å². The molecule has 8 aliphatic rings. The number of aliphatic hydroxyl groups is 17. The maximum absolute atomic E-state index is 13.2. The maximum atomic E-state index is 13.2. The van der Waals surface area contributed by atoms with Crippen LogP contribution < -0.4 is 0 Å². The number of hydrogen-bond acceptors (Lipinski definition) is 28. The SMILES string of the molecule is O=C(O)CC(=O)OC[C@H]1O[C@@H](OC2CC(O)CC3[OH+]C(C4CCC(O)C(O)C4)C(O[C@@H]4O[C@H](COC(=O)C=CC5CCC(O[C@@H]6O[C@H](CO)[C@@H](O)[C@H](O)[C@H]6O)CC5)[C@@H](O)[C@H](O)[C@H]4O[C@@H]4OC[C@@H](O)[C@H](O)[C@H]4O)CC23)[C@H](O)[C@@H](O)[C@@H]1O. The van der Waals surface area contributed by atoms with Crippen molar-refractivity contribution in [1.29, 1.82) is 0 Å². The van der Waals surface area contributed by atoms with Gasteiger partial charge in [-0.25, -0.2) is 4.79 Å². The molecule has 3 aliphatic carbocycles. The summed E-state index contributed by atoms with van der Waals surface area (Å²) in [6.45, 7) is -2.55. The van der Waals surface area contributed by atoms with E-state index in [2.05, 4.69) is 0 Å². The first-order valence-corrected chi connectivity index (χ1v) is 27.3. The van der Waals surface area contributed by atoms with Gasteiger partial charge in [-0.2, -0.15) is 0 Å². The molecule has 0 spiro atoms. The van der Waals surface area contributed by atoms with Crippen LogP contribution in [0.2, 0.25) is 0 Å². The highest BCUT2D eigenvalue weighted by atomic mass is 16.8. The molecule has 0 aromatic carbocycles. The van der Waals surface area contributed by atoms with E-state index in [4.69, 9.17) is 57.2 Å². The summed E-state index contributed by atoms with van der Waals surface area (Å²) in [6.07, 6.45) is -35.1. The first-order valence-electron chi connectivity index (χ1n) is 27.3. The van der Waals surface area contributed by atoms with Crippen LogP contribution in [-0.2, 0) is 61.8 Å². The smallest absolute Gasteiger partial charge is 0.330 e. The summed E-state index contributed by atoms with van der Waals surface area (Å²) in [6, 6.07) is 0. The van der Waals surface area contributed by atoms with E-state index in [1.165, 1.54) is 6.08 Å². The summed E-state index contributed by atoms with van der Waals surface area (Å²) < 4.78 is 63.5. The topological polar surface area (TPSA) is 480 Å². The van der Waals surface area contributed by atoms with Crippen molar-refractivity contribution < 1.29 is 148 Å². The van der Waals surface area contributed by atoms with Crippen molar-refractivity contribution >= 4 is 17.9 Å². The Morgan fingerprint density at radius 1 is 0.537 bits per heavy atom. The average Bonchev–Trinajstić information content (AvgIpc) is 3.44. The number of rotatable bonds is 18. The van der Waals surface area contributed by atoms with Crippen LogP contribution >= 0.6 is 0 Å². The molecular weight excluding hydrogens is 1080 g/mol. The van der Waals surface area contributed by atoms with Crippen molar-refractivity contribution in [3.05, 3.63) is 12.2 Å². The molecule has 28 atom stereocenters. The van der Waals surface area contributed by atoms with Gasteiger partial charge in [0.1, 0.15) is 117 Å². The minimum absolute atomic E-state index is 0.0273. The van der Waals surface area contributed by atoms with Gasteiger partial charge in [0, 0.05) is 24.8 Å². The second-order valence-corrected chi connectivity index (χ2v) is 22.3. The number of esters is 2. The van der Waals surface area contributed by atoms with Gasteiger partial charge in [0.2, 0.25) is 0 Å². The number of aliphatic hydroxyl groups excluding tert-OH is 15.